The summed E-state index contributed by atoms with van der Waals surface area (Å²) in [5, 5.41) is 8.01. The first-order valence-corrected chi connectivity index (χ1v) is 9.71. The molecule has 6 rings (SSSR count). The van der Waals surface area contributed by atoms with Gasteiger partial charge in [0.2, 0.25) is 0 Å². The molecule has 28 heavy (non-hydrogen) atoms. The summed E-state index contributed by atoms with van der Waals surface area (Å²) >= 11 is 0. The van der Waals surface area contributed by atoms with Gasteiger partial charge in [0.15, 0.2) is 0 Å². The van der Waals surface area contributed by atoms with Crippen LogP contribution in [0, 0.1) is 0 Å². The molecule has 0 radical (unpaired) electrons. The van der Waals surface area contributed by atoms with Crippen molar-refractivity contribution in [1.29, 1.82) is 0 Å². The molecule has 0 saturated carbocycles. The average molecular weight is 354 g/mol. The van der Waals surface area contributed by atoms with Gasteiger partial charge in [-0.3, -0.25) is 0 Å². The summed E-state index contributed by atoms with van der Waals surface area (Å²) in [7, 11) is 0. The fourth-order valence-electron chi connectivity index (χ4n) is 4.47. The molecule has 0 aliphatic heterocycles. The molecule has 0 heterocycles. The second kappa shape index (κ2) is 5.94. The molecule has 0 atom stereocenters. The summed E-state index contributed by atoms with van der Waals surface area (Å²) in [6, 6.07) is 39.6. The molecule has 0 saturated heterocycles. The molecule has 6 aromatic rings. The van der Waals surface area contributed by atoms with Crippen molar-refractivity contribution in [3.05, 3.63) is 109 Å². The lowest BCUT2D eigenvalue weighted by Crippen LogP contribution is -1.88. The average Bonchev–Trinajstić information content (AvgIpc) is 2.78. The van der Waals surface area contributed by atoms with E-state index in [1.807, 2.05) is 0 Å². The highest BCUT2D eigenvalue weighted by Gasteiger charge is 2.12. The minimum atomic E-state index is 1.25. The predicted octanol–water partition coefficient (Wildman–Crippen LogP) is 7.92. The van der Waals surface area contributed by atoms with Gasteiger partial charge in [0.25, 0.3) is 0 Å². The molecule has 130 valence electrons. The van der Waals surface area contributed by atoms with Crippen LogP contribution in [0.15, 0.2) is 109 Å². The van der Waals surface area contributed by atoms with Gasteiger partial charge in [-0.15, -0.1) is 0 Å². The summed E-state index contributed by atoms with van der Waals surface area (Å²) < 4.78 is 0. The van der Waals surface area contributed by atoms with Crippen molar-refractivity contribution in [2.75, 3.05) is 0 Å². The Balaban J connectivity index is 1.62. The van der Waals surface area contributed by atoms with Crippen LogP contribution >= 0.6 is 0 Å². The molecule has 0 aromatic heterocycles. The first kappa shape index (κ1) is 15.4. The molecular formula is C28H18. The summed E-state index contributed by atoms with van der Waals surface area (Å²) in [4.78, 5) is 0. The van der Waals surface area contributed by atoms with Crippen molar-refractivity contribution in [2.24, 2.45) is 0 Å². The van der Waals surface area contributed by atoms with Crippen molar-refractivity contribution in [3.63, 3.8) is 0 Å². The molecule has 0 heteroatoms. The van der Waals surface area contributed by atoms with Gasteiger partial charge in [-0.1, -0.05) is 103 Å². The first-order chi connectivity index (χ1) is 13.9. The Morgan fingerprint density at radius 1 is 0.357 bits per heavy atom. The first-order valence-electron chi connectivity index (χ1n) is 9.71. The van der Waals surface area contributed by atoms with Crippen LogP contribution in [-0.4, -0.2) is 0 Å². The molecule has 0 aliphatic carbocycles. The summed E-state index contributed by atoms with van der Waals surface area (Å²) in [6.07, 6.45) is 0. The maximum Gasteiger partial charge on any atom is -0.00206 e. The van der Waals surface area contributed by atoms with E-state index < -0.39 is 0 Å². The molecule has 0 N–H and O–H groups in total. The van der Waals surface area contributed by atoms with Crippen LogP contribution in [0.4, 0.5) is 0 Å². The highest BCUT2D eigenvalue weighted by Crippen LogP contribution is 2.40. The Morgan fingerprint density at radius 2 is 0.964 bits per heavy atom. The lowest BCUT2D eigenvalue weighted by molar-refractivity contribution is 1.61. The van der Waals surface area contributed by atoms with Crippen molar-refractivity contribution in [1.82, 2.24) is 0 Å². The third-order valence-electron chi connectivity index (χ3n) is 5.81. The van der Waals surface area contributed by atoms with Crippen LogP contribution in [0.25, 0.3) is 54.6 Å². The molecule has 0 nitrogen and oxygen atoms in total. The Bertz CT molecular complexity index is 1420. The van der Waals surface area contributed by atoms with Gasteiger partial charge in [0.05, 0.1) is 0 Å². The number of benzene rings is 6. The fraction of sp³-hybridized carbons (Fsp3) is 0. The molecule has 0 bridgehead atoms. The minimum Gasteiger partial charge on any atom is -0.0622 e. The minimum absolute atomic E-state index is 1.25. The fourth-order valence-corrected chi connectivity index (χ4v) is 4.47. The summed E-state index contributed by atoms with van der Waals surface area (Å²) in [5.74, 6) is 0. The van der Waals surface area contributed by atoms with Crippen LogP contribution in [-0.2, 0) is 0 Å². The van der Waals surface area contributed by atoms with E-state index in [-0.39, 0.29) is 0 Å². The Hall–Kier alpha value is -3.64. The van der Waals surface area contributed by atoms with Gasteiger partial charge >= 0.3 is 0 Å². The number of hydrogen-bond acceptors (Lipinski definition) is 0. The highest BCUT2D eigenvalue weighted by atomic mass is 14.2. The third kappa shape index (κ3) is 2.25. The van der Waals surface area contributed by atoms with E-state index in [0.717, 1.165) is 0 Å². The van der Waals surface area contributed by atoms with E-state index in [1.165, 1.54) is 54.6 Å². The van der Waals surface area contributed by atoms with Crippen LogP contribution in [0.5, 0.6) is 0 Å². The van der Waals surface area contributed by atoms with Crippen LogP contribution < -0.4 is 0 Å². The molecule has 6 aromatic carbocycles. The van der Waals surface area contributed by atoms with E-state index in [4.69, 9.17) is 0 Å². The van der Waals surface area contributed by atoms with Gasteiger partial charge in [-0.25, -0.2) is 0 Å². The Kier molecular flexibility index (Phi) is 3.27. The number of rotatable bonds is 2. The monoisotopic (exact) mass is 354 g/mol. The second-order valence-electron chi connectivity index (χ2n) is 7.42. The second-order valence-corrected chi connectivity index (χ2v) is 7.42. The molecular weight excluding hydrogens is 336 g/mol. The van der Waals surface area contributed by atoms with E-state index in [2.05, 4.69) is 109 Å². The predicted molar refractivity (Wildman–Crippen MR) is 121 cm³/mol. The van der Waals surface area contributed by atoms with Crippen molar-refractivity contribution in [3.8, 4) is 22.3 Å². The number of hydrogen-bond donors (Lipinski definition) is 0. The van der Waals surface area contributed by atoms with Crippen LogP contribution in [0.2, 0.25) is 0 Å². The SMILES string of the molecule is c1ccc(-c2ccc(-c3cc4cccc5ccc6cccc3c6c54)cc2)cc1. The Morgan fingerprint density at radius 3 is 1.75 bits per heavy atom. The third-order valence-corrected chi connectivity index (χ3v) is 5.81. The van der Waals surface area contributed by atoms with Crippen molar-refractivity contribution < 1.29 is 0 Å². The van der Waals surface area contributed by atoms with E-state index in [1.54, 1.807) is 0 Å². The zero-order valence-electron chi connectivity index (χ0n) is 15.4. The van der Waals surface area contributed by atoms with Gasteiger partial charge in [0.1, 0.15) is 0 Å². The quantitative estimate of drug-likeness (QED) is 0.277. The topological polar surface area (TPSA) is 0 Å². The normalized spacial score (nSPS) is 11.6. The zero-order chi connectivity index (χ0) is 18.5. The van der Waals surface area contributed by atoms with Gasteiger partial charge in [-0.05, 0) is 60.6 Å². The van der Waals surface area contributed by atoms with E-state index in [9.17, 15) is 0 Å². The van der Waals surface area contributed by atoms with Gasteiger partial charge in [0, 0.05) is 0 Å². The molecule has 0 fully saturated rings. The van der Waals surface area contributed by atoms with E-state index >= 15 is 0 Å². The van der Waals surface area contributed by atoms with Crippen LogP contribution in [0.1, 0.15) is 0 Å². The smallest absolute Gasteiger partial charge is 0.00206 e. The highest BCUT2D eigenvalue weighted by molar-refractivity contribution is 6.26. The molecule has 0 spiro atoms. The van der Waals surface area contributed by atoms with Crippen LogP contribution in [0.3, 0.4) is 0 Å². The van der Waals surface area contributed by atoms with Gasteiger partial charge < -0.3 is 0 Å². The largest absolute Gasteiger partial charge is 0.0622 e. The van der Waals surface area contributed by atoms with Crippen molar-refractivity contribution in [2.45, 2.75) is 0 Å². The summed E-state index contributed by atoms with van der Waals surface area (Å²) in [5.41, 5.74) is 5.07. The molecule has 0 amide bonds. The zero-order valence-corrected chi connectivity index (χ0v) is 15.4. The molecule has 0 unspecified atom stereocenters. The van der Waals surface area contributed by atoms with E-state index in [0.29, 0.717) is 0 Å². The maximum atomic E-state index is 2.35. The lowest BCUT2D eigenvalue weighted by atomic mass is 9.88. The standard InChI is InChI=1S/C28H18/c1-2-6-19(7-3-1)20-12-14-21(15-13-20)26-18-24-10-4-8-22-16-17-23-9-5-11-25(26)28(23)27(22)24/h1-18H. The molecule has 0 aliphatic rings. The summed E-state index contributed by atoms with van der Waals surface area (Å²) in [6.45, 7) is 0. The van der Waals surface area contributed by atoms with Gasteiger partial charge in [-0.2, -0.15) is 0 Å². The lowest BCUT2D eigenvalue weighted by Gasteiger charge is -2.15. The Labute approximate surface area is 164 Å². The van der Waals surface area contributed by atoms with Crippen molar-refractivity contribution >= 4 is 32.3 Å². The maximum absolute atomic E-state index is 2.35.